The minimum absolute atomic E-state index is 0. The maximum Gasteiger partial charge on any atom is 3.00 e. The van der Waals surface area contributed by atoms with Gasteiger partial charge in [0.2, 0.25) is 0 Å². The molecule has 6 aromatic rings. The Kier molecular flexibility index (Phi) is 12.3. The smallest absolute Gasteiger partial charge is 0.857 e. The summed E-state index contributed by atoms with van der Waals surface area (Å²) in [5.74, 6) is -3.41. The summed E-state index contributed by atoms with van der Waals surface area (Å²) in [4.78, 5) is 34.3. The third-order valence-corrected chi connectivity index (χ3v) is 8.05. The molecule has 0 atom stereocenters. The van der Waals surface area contributed by atoms with Crippen LogP contribution in [-0.4, -0.2) is 44.5 Å². The second-order valence-electron chi connectivity index (χ2n) is 10.7. The van der Waals surface area contributed by atoms with E-state index in [0.29, 0.717) is 11.4 Å². The molecule has 2 heterocycles. The van der Waals surface area contributed by atoms with Crippen molar-refractivity contribution in [1.82, 2.24) is 19.6 Å². The van der Waals surface area contributed by atoms with E-state index in [1.165, 1.54) is 54.1 Å². The van der Waals surface area contributed by atoms with Gasteiger partial charge in [-0.1, -0.05) is 54.6 Å². The van der Waals surface area contributed by atoms with Gasteiger partial charge in [-0.2, -0.15) is 13.5 Å². The Morgan fingerprint density at radius 2 is 1.21 bits per heavy atom. The van der Waals surface area contributed by atoms with Gasteiger partial charge in [0.1, 0.15) is 5.69 Å². The van der Waals surface area contributed by atoms with Crippen molar-refractivity contribution in [1.29, 1.82) is 0 Å². The van der Waals surface area contributed by atoms with Crippen molar-refractivity contribution in [3.8, 4) is 17.3 Å². The monoisotopic (exact) mass is 773 g/mol. The van der Waals surface area contributed by atoms with Crippen molar-refractivity contribution in [2.75, 3.05) is 0 Å². The number of nitrogens with one attached hydrogen (secondary N) is 1. The standard InChI is InChI=1S/C17H14N4O6S.C17H14N4O3.Cr/c1-10-15(19-18-14-5-3-2-4-13(14)17(23)24)16(22)21(20-10)11-6-8-12(9-7-11)28(25,26)27;1-11-15(16(22)21(20-11)12-7-3-2-4-8-12)19-18-14-10-6-5-9-13(14)17(23)24;/h2-9,22H,1H3,(H,23,24)(H,25,26,27);2-10,20H,1H3,(H,23,24);/q;;+3/p-3. The fourth-order valence-corrected chi connectivity index (χ4v) is 5.12. The molecule has 2 N–H and O–H groups in total. The van der Waals surface area contributed by atoms with Crippen molar-refractivity contribution in [2.24, 2.45) is 20.5 Å². The number of carbonyl (C=O) groups excluding carboxylic acids is 2. The minimum atomic E-state index is -4.36. The molecule has 2 aromatic heterocycles. The summed E-state index contributed by atoms with van der Waals surface area (Å²) < 4.78 is 33.5. The van der Waals surface area contributed by atoms with Crippen LogP contribution in [0.2, 0.25) is 0 Å². The largest absolute Gasteiger partial charge is 3.00 e. The normalized spacial score (nSPS) is 11.2. The molecule has 0 saturated carbocycles. The number of para-hydroxylation sites is 1. The zero-order valence-electron chi connectivity index (χ0n) is 27.5. The Morgan fingerprint density at radius 3 is 1.72 bits per heavy atom. The summed E-state index contributed by atoms with van der Waals surface area (Å²) in [5.41, 5.74) is 1.21. The molecular formula is C34H25CrN8O9S. The third kappa shape index (κ3) is 9.05. The summed E-state index contributed by atoms with van der Waals surface area (Å²) in [6, 6.07) is 25.7. The first-order valence-electron chi connectivity index (χ1n) is 14.9. The molecule has 0 spiro atoms. The number of nitrogens with zero attached hydrogens (tertiary/aromatic N) is 7. The molecule has 19 heteroatoms. The Balaban J connectivity index is 0.000000235. The van der Waals surface area contributed by atoms with Crippen molar-refractivity contribution >= 4 is 44.8 Å². The van der Waals surface area contributed by atoms with Gasteiger partial charge in [-0.15, -0.1) is 20.5 Å². The number of hydrogen-bond donors (Lipinski definition) is 2. The van der Waals surface area contributed by atoms with Crippen LogP contribution >= 0.6 is 0 Å². The fourth-order valence-electron chi connectivity index (χ4n) is 4.64. The minimum Gasteiger partial charge on any atom is -0.857 e. The van der Waals surface area contributed by atoms with Crippen LogP contribution in [0.3, 0.4) is 0 Å². The molecular weight excluding hydrogens is 748 g/mol. The van der Waals surface area contributed by atoms with Crippen LogP contribution in [0.4, 0.5) is 22.7 Å². The first-order chi connectivity index (χ1) is 24.8. The van der Waals surface area contributed by atoms with Crippen LogP contribution in [0, 0.1) is 13.8 Å². The molecule has 0 aliphatic rings. The molecule has 4 aromatic carbocycles. The molecule has 1 radical (unpaired) electrons. The fraction of sp³-hybridized carbons (Fsp3) is 0.0588. The Morgan fingerprint density at radius 1 is 0.717 bits per heavy atom. The molecule has 6 rings (SSSR count). The molecule has 0 bridgehead atoms. The van der Waals surface area contributed by atoms with Crippen LogP contribution in [0.25, 0.3) is 11.4 Å². The van der Waals surface area contributed by atoms with E-state index in [2.05, 4.69) is 30.7 Å². The summed E-state index contributed by atoms with van der Waals surface area (Å²) in [5, 5.41) is 57.2. The maximum absolute atomic E-state index is 12.6. The van der Waals surface area contributed by atoms with Gasteiger partial charge in [0.05, 0.1) is 51.0 Å². The van der Waals surface area contributed by atoms with Gasteiger partial charge in [-0.3, -0.25) is 14.4 Å². The predicted octanol–water partition coefficient (Wildman–Crippen LogP) is 3.53. The van der Waals surface area contributed by atoms with Gasteiger partial charge < -0.3 is 24.9 Å². The van der Waals surface area contributed by atoms with Crippen LogP contribution in [0.1, 0.15) is 32.1 Å². The number of carboxylic acids is 2. The van der Waals surface area contributed by atoms with E-state index in [0.717, 1.165) is 16.8 Å². The van der Waals surface area contributed by atoms with Gasteiger partial charge >= 0.3 is 17.4 Å². The first-order valence-corrected chi connectivity index (χ1v) is 16.4. The number of hydrogen-bond acceptors (Lipinski definition) is 13. The van der Waals surface area contributed by atoms with Crippen molar-refractivity contribution in [2.45, 2.75) is 18.7 Å². The number of rotatable bonds is 9. The average Bonchev–Trinajstić information content (AvgIpc) is 3.58. The number of benzene rings is 4. The van der Waals surface area contributed by atoms with Gasteiger partial charge in [0.25, 0.3) is 15.7 Å². The topological polar surface area (TPSA) is 263 Å². The van der Waals surface area contributed by atoms with E-state index < -0.39 is 27.9 Å². The number of carboxylic acid groups (broad SMARTS) is 2. The number of aromatic amines is 1. The predicted molar refractivity (Wildman–Crippen MR) is 179 cm³/mol. The number of azo groups is 2. The number of carbonyl (C=O) groups is 2. The van der Waals surface area contributed by atoms with E-state index in [-0.39, 0.29) is 73.1 Å². The van der Waals surface area contributed by atoms with Crippen molar-refractivity contribution in [3.63, 3.8) is 0 Å². The number of aromatic nitrogens is 4. The summed E-state index contributed by atoms with van der Waals surface area (Å²) in [6.45, 7) is 3.21. The Hall–Kier alpha value is -6.52. The van der Waals surface area contributed by atoms with Gasteiger partial charge in [0, 0.05) is 17.0 Å². The van der Waals surface area contributed by atoms with Crippen molar-refractivity contribution in [3.05, 3.63) is 136 Å². The SMILES string of the molecule is Cc1[nH]n(-c2ccccc2)c(=O)c1N=Nc1ccccc1C(=O)[O-].Cc1nn(-c2ccc(S(=O)(=O)O)cc2)c([O-])c1N=Nc1ccccc1C(=O)[O-].[Cr+3]. The van der Waals surface area contributed by atoms with Crippen LogP contribution in [0.15, 0.2) is 133 Å². The molecule has 0 saturated heterocycles. The Bertz CT molecular complexity index is 2510. The third-order valence-electron chi connectivity index (χ3n) is 7.18. The van der Waals surface area contributed by atoms with E-state index >= 15 is 0 Å². The molecule has 0 fully saturated rings. The van der Waals surface area contributed by atoms with Gasteiger partial charge in [-0.05, 0) is 62.4 Å². The number of H-pyrrole nitrogens is 1. The quantitative estimate of drug-likeness (QED) is 0.159. The molecule has 0 unspecified atom stereocenters. The second kappa shape index (κ2) is 16.7. The second-order valence-corrected chi connectivity index (χ2v) is 12.1. The van der Waals surface area contributed by atoms with Crippen LogP contribution < -0.4 is 20.9 Å². The maximum atomic E-state index is 12.6. The number of aromatic carboxylic acids is 2. The van der Waals surface area contributed by atoms with Crippen LogP contribution in [0.5, 0.6) is 5.88 Å². The van der Waals surface area contributed by atoms with E-state index in [9.17, 15) is 38.1 Å². The molecule has 0 amide bonds. The van der Waals surface area contributed by atoms with Gasteiger partial charge in [-0.25, -0.2) is 9.36 Å². The number of aryl methyl sites for hydroxylation is 2. The van der Waals surface area contributed by atoms with E-state index in [1.807, 2.05) is 18.2 Å². The molecule has 0 aliphatic heterocycles. The average molecular weight is 774 g/mol. The molecule has 0 aliphatic carbocycles. The Labute approximate surface area is 311 Å². The molecule has 17 nitrogen and oxygen atoms in total. The van der Waals surface area contributed by atoms with Crippen LogP contribution in [-0.2, 0) is 27.5 Å². The molecule has 267 valence electrons. The summed E-state index contributed by atoms with van der Waals surface area (Å²) >= 11 is 0. The first kappa shape index (κ1) is 39.3. The van der Waals surface area contributed by atoms with E-state index in [4.69, 9.17) is 4.55 Å². The van der Waals surface area contributed by atoms with Crippen molar-refractivity contribution < 1.29 is 55.2 Å². The van der Waals surface area contributed by atoms with Gasteiger partial charge in [0.15, 0.2) is 5.69 Å². The molecule has 53 heavy (non-hydrogen) atoms. The van der Waals surface area contributed by atoms with E-state index in [1.54, 1.807) is 37.3 Å². The summed E-state index contributed by atoms with van der Waals surface area (Å²) in [6.07, 6.45) is 0. The zero-order chi connectivity index (χ0) is 37.6. The summed E-state index contributed by atoms with van der Waals surface area (Å²) in [7, 11) is -4.36. The zero-order valence-corrected chi connectivity index (χ0v) is 29.6.